The van der Waals surface area contributed by atoms with Crippen LogP contribution in [0.15, 0.2) is 12.1 Å². The van der Waals surface area contributed by atoms with Crippen molar-refractivity contribution in [1.29, 1.82) is 0 Å². The van der Waals surface area contributed by atoms with Crippen LogP contribution in [0, 0.1) is 17.7 Å². The lowest BCUT2D eigenvalue weighted by Crippen LogP contribution is -2.30. The highest BCUT2D eigenvalue weighted by molar-refractivity contribution is 7.88. The van der Waals surface area contributed by atoms with Crippen molar-refractivity contribution < 1.29 is 30.2 Å². The molecular weight excluding hydrogens is 372 g/mol. The first-order valence-corrected chi connectivity index (χ1v) is 10.4. The maximum absolute atomic E-state index is 14.7. The average Bonchev–Trinajstić information content (AvgIpc) is 2.56. The second-order valence-corrected chi connectivity index (χ2v) is 8.84. The van der Waals surface area contributed by atoms with Gasteiger partial charge in [0, 0.05) is 0 Å². The minimum absolute atomic E-state index is 0.189. The van der Waals surface area contributed by atoms with Gasteiger partial charge in [-0.3, -0.25) is 0 Å². The number of rotatable bonds is 4. The SMILES string of the molecule is CCCC1CCC2c3ccc(OS(=O)(=O)C(F)(F)F)c(F)c3CCC2C1. The van der Waals surface area contributed by atoms with E-state index in [1.54, 1.807) is 0 Å². The molecule has 2 aliphatic rings. The summed E-state index contributed by atoms with van der Waals surface area (Å²) in [6, 6.07) is 2.55. The molecule has 2 aliphatic carbocycles. The van der Waals surface area contributed by atoms with Gasteiger partial charge in [0.1, 0.15) is 0 Å². The molecule has 8 heteroatoms. The van der Waals surface area contributed by atoms with Gasteiger partial charge in [0.2, 0.25) is 0 Å². The Morgan fingerprint density at radius 2 is 1.92 bits per heavy atom. The van der Waals surface area contributed by atoms with Crippen molar-refractivity contribution in [3.63, 3.8) is 0 Å². The number of halogens is 4. The van der Waals surface area contributed by atoms with Crippen molar-refractivity contribution >= 4 is 10.1 Å². The van der Waals surface area contributed by atoms with Crippen LogP contribution in [0.1, 0.15) is 62.5 Å². The molecule has 3 atom stereocenters. The van der Waals surface area contributed by atoms with E-state index in [4.69, 9.17) is 0 Å². The van der Waals surface area contributed by atoms with Gasteiger partial charge in [-0.2, -0.15) is 21.6 Å². The van der Waals surface area contributed by atoms with Crippen LogP contribution in [0.2, 0.25) is 0 Å². The number of fused-ring (bicyclic) bond motifs is 3. The van der Waals surface area contributed by atoms with Gasteiger partial charge >= 0.3 is 15.6 Å². The van der Waals surface area contributed by atoms with E-state index in [0.29, 0.717) is 23.8 Å². The molecule has 0 bridgehead atoms. The predicted molar refractivity (Wildman–Crippen MR) is 88.8 cm³/mol. The predicted octanol–water partition coefficient (Wildman–Crippen LogP) is 5.30. The highest BCUT2D eigenvalue weighted by atomic mass is 32.2. The second kappa shape index (κ2) is 7.02. The molecule has 26 heavy (non-hydrogen) atoms. The van der Waals surface area contributed by atoms with Crippen LogP contribution in [-0.2, 0) is 16.5 Å². The number of hydrogen-bond donors (Lipinski definition) is 0. The molecular formula is C18H22F4O3S. The Labute approximate surface area is 150 Å². The summed E-state index contributed by atoms with van der Waals surface area (Å²) < 4.78 is 78.4. The zero-order chi connectivity index (χ0) is 19.1. The van der Waals surface area contributed by atoms with Gasteiger partial charge < -0.3 is 4.18 Å². The van der Waals surface area contributed by atoms with Crippen LogP contribution in [0.4, 0.5) is 17.6 Å². The molecule has 146 valence electrons. The number of alkyl halides is 3. The second-order valence-electron chi connectivity index (χ2n) is 7.30. The average molecular weight is 394 g/mol. The molecule has 1 aromatic rings. The molecule has 0 aromatic heterocycles. The third kappa shape index (κ3) is 3.57. The fourth-order valence-electron chi connectivity index (χ4n) is 4.54. The molecule has 3 unspecified atom stereocenters. The molecule has 0 radical (unpaired) electrons. The first-order valence-electron chi connectivity index (χ1n) is 8.96. The fraction of sp³-hybridized carbons (Fsp3) is 0.667. The van der Waals surface area contributed by atoms with Gasteiger partial charge in [-0.1, -0.05) is 25.8 Å². The van der Waals surface area contributed by atoms with E-state index < -0.39 is 27.2 Å². The van der Waals surface area contributed by atoms with Gasteiger partial charge in [-0.15, -0.1) is 0 Å². The zero-order valence-electron chi connectivity index (χ0n) is 14.5. The quantitative estimate of drug-likeness (QED) is 0.395. The first-order chi connectivity index (χ1) is 12.1. The minimum Gasteiger partial charge on any atom is -0.373 e. The van der Waals surface area contributed by atoms with Crippen molar-refractivity contribution in [1.82, 2.24) is 0 Å². The Morgan fingerprint density at radius 1 is 1.19 bits per heavy atom. The summed E-state index contributed by atoms with van der Waals surface area (Å²) in [4.78, 5) is 0. The molecule has 1 saturated carbocycles. The Hall–Kier alpha value is -1.31. The Morgan fingerprint density at radius 3 is 2.58 bits per heavy atom. The van der Waals surface area contributed by atoms with Gasteiger partial charge in [0.15, 0.2) is 11.6 Å². The molecule has 1 fully saturated rings. The Balaban J connectivity index is 1.85. The van der Waals surface area contributed by atoms with E-state index in [2.05, 4.69) is 11.1 Å². The molecule has 0 spiro atoms. The first kappa shape index (κ1) is 19.5. The third-order valence-electron chi connectivity index (χ3n) is 5.68. The summed E-state index contributed by atoms with van der Waals surface area (Å²) in [5.41, 5.74) is -4.49. The van der Waals surface area contributed by atoms with Crippen molar-refractivity contribution in [2.75, 3.05) is 0 Å². The van der Waals surface area contributed by atoms with Crippen LogP contribution in [0.3, 0.4) is 0 Å². The van der Waals surface area contributed by atoms with Crippen molar-refractivity contribution in [3.8, 4) is 5.75 Å². The largest absolute Gasteiger partial charge is 0.534 e. The van der Waals surface area contributed by atoms with Crippen molar-refractivity contribution in [2.45, 2.75) is 63.3 Å². The van der Waals surface area contributed by atoms with Crippen LogP contribution in [-0.4, -0.2) is 13.9 Å². The Kier molecular flexibility index (Phi) is 5.25. The smallest absolute Gasteiger partial charge is 0.373 e. The highest BCUT2D eigenvalue weighted by Gasteiger charge is 2.49. The summed E-state index contributed by atoms with van der Waals surface area (Å²) in [5, 5.41) is 0. The van der Waals surface area contributed by atoms with E-state index in [1.165, 1.54) is 12.5 Å². The Bertz CT molecular complexity index is 773. The summed E-state index contributed by atoms with van der Waals surface area (Å²) in [6.07, 6.45) is 6.59. The molecule has 3 nitrogen and oxygen atoms in total. The van der Waals surface area contributed by atoms with E-state index in [1.807, 2.05) is 0 Å². The van der Waals surface area contributed by atoms with Crippen LogP contribution < -0.4 is 4.18 Å². The van der Waals surface area contributed by atoms with Gasteiger partial charge in [-0.05, 0) is 67.1 Å². The molecule has 0 amide bonds. The third-order valence-corrected chi connectivity index (χ3v) is 6.65. The van der Waals surface area contributed by atoms with Crippen molar-refractivity contribution in [3.05, 3.63) is 29.1 Å². The summed E-state index contributed by atoms with van der Waals surface area (Å²) >= 11 is 0. The van der Waals surface area contributed by atoms with Gasteiger partial charge in [0.05, 0.1) is 0 Å². The lowest BCUT2D eigenvalue weighted by atomic mass is 9.64. The summed E-state index contributed by atoms with van der Waals surface area (Å²) in [7, 11) is -5.88. The fourth-order valence-corrected chi connectivity index (χ4v) is 5.00. The zero-order valence-corrected chi connectivity index (χ0v) is 15.3. The molecule has 1 aromatic carbocycles. The molecule has 0 aliphatic heterocycles. The monoisotopic (exact) mass is 394 g/mol. The molecule has 0 heterocycles. The molecule has 0 N–H and O–H groups in total. The van der Waals surface area contributed by atoms with Gasteiger partial charge in [0.25, 0.3) is 0 Å². The molecule has 3 rings (SSSR count). The van der Waals surface area contributed by atoms with E-state index >= 15 is 0 Å². The standard InChI is InChI=1S/C18H22F4O3S/c1-2-3-11-4-6-13-12(10-11)5-7-15-14(13)8-9-16(17(15)19)25-26(23,24)18(20,21)22/h8-9,11-13H,2-7,10H2,1H3. The summed E-state index contributed by atoms with van der Waals surface area (Å²) in [6.45, 7) is 2.16. The summed E-state index contributed by atoms with van der Waals surface area (Å²) in [5.74, 6) is -0.525. The maximum Gasteiger partial charge on any atom is 0.534 e. The normalized spacial score (nSPS) is 26.1. The van der Waals surface area contributed by atoms with E-state index in [9.17, 15) is 26.0 Å². The van der Waals surface area contributed by atoms with Gasteiger partial charge in [-0.25, -0.2) is 4.39 Å². The highest BCUT2D eigenvalue weighted by Crippen LogP contribution is 2.49. The van der Waals surface area contributed by atoms with Crippen molar-refractivity contribution in [2.24, 2.45) is 11.8 Å². The maximum atomic E-state index is 14.7. The lowest BCUT2D eigenvalue weighted by molar-refractivity contribution is -0.0501. The number of hydrogen-bond acceptors (Lipinski definition) is 3. The molecule has 0 saturated heterocycles. The van der Waals surface area contributed by atoms with E-state index in [-0.39, 0.29) is 5.92 Å². The topological polar surface area (TPSA) is 43.4 Å². The lowest BCUT2D eigenvalue weighted by Gasteiger charge is -2.40. The van der Waals surface area contributed by atoms with Crippen LogP contribution in [0.25, 0.3) is 0 Å². The van der Waals surface area contributed by atoms with Crippen LogP contribution in [0.5, 0.6) is 5.75 Å². The van der Waals surface area contributed by atoms with Crippen LogP contribution >= 0.6 is 0 Å². The minimum atomic E-state index is -5.88. The van der Waals surface area contributed by atoms with E-state index in [0.717, 1.165) is 43.7 Å². The number of benzene rings is 1.